The molecule has 0 saturated carbocycles. The fourth-order valence-corrected chi connectivity index (χ4v) is 11.3. The molecule has 0 saturated heterocycles. The van der Waals surface area contributed by atoms with Crippen LogP contribution in [0.4, 0.5) is 11.4 Å². The van der Waals surface area contributed by atoms with Gasteiger partial charge in [0.15, 0.2) is 11.6 Å². The Balaban J connectivity index is 0.710. The fraction of sp³-hybridized carbons (Fsp3) is 0.0137. The van der Waals surface area contributed by atoms with Gasteiger partial charge in [0.05, 0.1) is 50.2 Å². The maximum absolute atomic E-state index is 13.8. The van der Waals surface area contributed by atoms with Crippen LogP contribution in [0.25, 0.3) is 23.3 Å². The smallest absolute Gasteiger partial charge is 0.343 e. The molecule has 10 aromatic carbocycles. The van der Waals surface area contributed by atoms with Crippen LogP contribution in [-0.4, -0.2) is 47.1 Å². The molecule has 12 heteroatoms. The van der Waals surface area contributed by atoms with E-state index in [0.717, 1.165) is 43.2 Å². The summed E-state index contributed by atoms with van der Waals surface area (Å²) in [6.07, 6.45) is 6.24. The Morgan fingerprint density at radius 1 is 0.329 bits per heavy atom. The van der Waals surface area contributed by atoms with Gasteiger partial charge in [-0.15, -0.1) is 0 Å². The lowest BCUT2D eigenvalue weighted by molar-refractivity contribution is 0.0725. The largest absolute Gasteiger partial charge is 0.423 e. The Morgan fingerprint density at radius 2 is 0.682 bits per heavy atom. The third kappa shape index (κ3) is 9.45. The van der Waals surface area contributed by atoms with E-state index in [1.54, 1.807) is 133 Å². The molecule has 85 heavy (non-hydrogen) atoms. The van der Waals surface area contributed by atoms with Gasteiger partial charge >= 0.3 is 11.9 Å². The first-order chi connectivity index (χ1) is 41.4. The fourth-order valence-electron chi connectivity index (χ4n) is 11.3. The highest BCUT2D eigenvalue weighted by molar-refractivity contribution is 6.35. The number of ketones is 2. The van der Waals surface area contributed by atoms with Crippen molar-refractivity contribution in [3.05, 3.63) is 333 Å². The lowest BCUT2D eigenvalue weighted by atomic mass is 9.68. The monoisotopic (exact) mass is 1110 g/mol. The Bertz CT molecular complexity index is 4200. The third-order valence-electron chi connectivity index (χ3n) is 15.5. The highest BCUT2D eigenvalue weighted by Gasteiger charge is 2.46. The number of fused-ring (bicyclic) bond motifs is 5. The quantitative estimate of drug-likeness (QED) is 0.0337. The summed E-state index contributed by atoms with van der Waals surface area (Å²) in [4.78, 5) is 110. The van der Waals surface area contributed by atoms with Crippen LogP contribution in [0, 0.1) is 0 Å². The predicted molar refractivity (Wildman–Crippen MR) is 321 cm³/mol. The molecule has 0 spiro atoms. The van der Waals surface area contributed by atoms with Crippen molar-refractivity contribution in [2.45, 2.75) is 5.41 Å². The van der Waals surface area contributed by atoms with Gasteiger partial charge in [-0.2, -0.15) is 0 Å². The summed E-state index contributed by atoms with van der Waals surface area (Å²) >= 11 is 0. The van der Waals surface area contributed by atoms with E-state index >= 15 is 0 Å². The van der Waals surface area contributed by atoms with Gasteiger partial charge in [0, 0.05) is 11.1 Å². The molecule has 13 rings (SSSR count). The first-order valence-electron chi connectivity index (χ1n) is 27.1. The molecular formula is C73H44N2O10. The summed E-state index contributed by atoms with van der Waals surface area (Å²) < 4.78 is 11.8. The van der Waals surface area contributed by atoms with Crippen LogP contribution in [0.15, 0.2) is 255 Å². The van der Waals surface area contributed by atoms with Crippen molar-refractivity contribution in [2.75, 3.05) is 9.80 Å². The number of ether oxygens (including phenoxy) is 2. The van der Waals surface area contributed by atoms with Crippen molar-refractivity contribution < 1.29 is 47.8 Å². The molecule has 0 bridgehead atoms. The Labute approximate surface area is 486 Å². The lowest BCUT2D eigenvalue weighted by Crippen LogP contribution is -2.29. The van der Waals surface area contributed by atoms with Crippen molar-refractivity contribution >= 4 is 70.7 Å². The van der Waals surface area contributed by atoms with Crippen molar-refractivity contribution in [2.24, 2.45) is 0 Å². The molecule has 1 aliphatic carbocycles. The molecule has 0 fully saturated rings. The Kier molecular flexibility index (Phi) is 13.4. The standard InChI is InChI=1S/C73H44N2O10/c76-65(47-11-3-1-4-12-47)41-23-45-19-31-53(32-20-45)74-67(78)59-39-25-49(43-61(59)69(74)80)71(82)84-55-35-27-51(28-36-55)73(63-17-9-7-15-57(63)58-16-8-10-18-64(58)73)52-29-37-56(38-30-52)85-72(83)50-26-40-60-62(44-50)70(81)75(68(60)79)54-33-21-46(22-34-54)24-42-66(77)48-13-5-2-6-14-48/h1-44H. The van der Waals surface area contributed by atoms with Gasteiger partial charge in [0.2, 0.25) is 0 Å². The van der Waals surface area contributed by atoms with Crippen molar-refractivity contribution in [3.8, 4) is 22.6 Å². The topological polar surface area (TPSA) is 162 Å². The van der Waals surface area contributed by atoms with Gasteiger partial charge in [0.1, 0.15) is 11.5 Å². The zero-order valence-corrected chi connectivity index (χ0v) is 44.9. The number of nitrogens with zero attached hydrogens (tertiary/aromatic N) is 2. The minimum absolute atomic E-state index is 0.0577. The summed E-state index contributed by atoms with van der Waals surface area (Å²) in [5.41, 5.74) is 8.52. The first kappa shape index (κ1) is 52.6. The van der Waals surface area contributed by atoms with E-state index in [0.29, 0.717) is 33.6 Å². The number of esters is 2. The number of imide groups is 2. The maximum atomic E-state index is 13.8. The molecule has 0 aromatic heterocycles. The highest BCUT2D eigenvalue weighted by atomic mass is 16.5. The number of benzene rings is 10. The molecule has 3 aliphatic rings. The third-order valence-corrected chi connectivity index (χ3v) is 15.5. The minimum Gasteiger partial charge on any atom is -0.423 e. The maximum Gasteiger partial charge on any atom is 0.343 e. The molecule has 12 nitrogen and oxygen atoms in total. The molecule has 4 amide bonds. The van der Waals surface area contributed by atoms with E-state index in [2.05, 4.69) is 24.3 Å². The number of amides is 4. The number of rotatable bonds is 14. The van der Waals surface area contributed by atoms with Gasteiger partial charge < -0.3 is 9.47 Å². The van der Waals surface area contributed by atoms with Gasteiger partial charge in [-0.1, -0.05) is 170 Å². The van der Waals surface area contributed by atoms with Gasteiger partial charge in [-0.3, -0.25) is 28.8 Å². The molecule has 406 valence electrons. The van der Waals surface area contributed by atoms with Crippen molar-refractivity contribution in [1.82, 2.24) is 0 Å². The van der Waals surface area contributed by atoms with Crippen LogP contribution in [0.1, 0.15) is 116 Å². The summed E-state index contributed by atoms with van der Waals surface area (Å²) in [6, 6.07) is 70.2. The molecule has 0 N–H and O–H groups in total. The van der Waals surface area contributed by atoms with Crippen molar-refractivity contribution in [3.63, 3.8) is 0 Å². The number of carbonyl (C=O) groups excluding carboxylic acids is 8. The Morgan fingerprint density at radius 3 is 1.07 bits per heavy atom. The zero-order valence-electron chi connectivity index (χ0n) is 44.9. The normalized spacial score (nSPS) is 13.6. The molecule has 0 atom stereocenters. The molecule has 0 radical (unpaired) electrons. The number of anilines is 2. The number of hydrogen-bond donors (Lipinski definition) is 0. The summed E-state index contributed by atoms with van der Waals surface area (Å²) in [5, 5.41) is 0. The summed E-state index contributed by atoms with van der Waals surface area (Å²) in [5.74, 6) is -3.59. The lowest BCUT2D eigenvalue weighted by Gasteiger charge is -2.34. The van der Waals surface area contributed by atoms with Gasteiger partial charge in [0.25, 0.3) is 23.6 Å². The minimum atomic E-state index is -0.896. The average molecular weight is 1110 g/mol. The van der Waals surface area contributed by atoms with Gasteiger partial charge in [-0.05, 0) is 142 Å². The van der Waals surface area contributed by atoms with Crippen LogP contribution in [-0.2, 0) is 5.41 Å². The van der Waals surface area contributed by atoms with Gasteiger partial charge in [-0.25, -0.2) is 19.4 Å². The zero-order chi connectivity index (χ0) is 58.3. The van der Waals surface area contributed by atoms with E-state index in [4.69, 9.17) is 9.47 Å². The highest BCUT2D eigenvalue weighted by Crippen LogP contribution is 2.56. The second-order valence-corrected chi connectivity index (χ2v) is 20.4. The predicted octanol–water partition coefficient (Wildman–Crippen LogP) is 13.9. The SMILES string of the molecule is O=C(C=Cc1ccc(N2C(=O)c3ccc(C(=O)Oc4ccc(C5(c6ccc(OC(=O)c7ccc8c(c7)C(=O)N(c7ccc(C=CC(=O)c9ccccc9)cc7)C8=O)cc6)c6ccccc6-c6ccccc65)cc4)cc3C2=O)cc1)c1ccccc1. The van der Waals surface area contributed by atoms with E-state index < -0.39 is 41.0 Å². The summed E-state index contributed by atoms with van der Waals surface area (Å²) in [6.45, 7) is 0. The van der Waals surface area contributed by atoms with Crippen LogP contribution in [0.2, 0.25) is 0 Å². The van der Waals surface area contributed by atoms with Crippen LogP contribution in [0.5, 0.6) is 11.5 Å². The first-order valence-corrected chi connectivity index (χ1v) is 27.1. The van der Waals surface area contributed by atoms with Crippen molar-refractivity contribution in [1.29, 1.82) is 0 Å². The molecular weight excluding hydrogens is 1060 g/mol. The molecule has 10 aromatic rings. The second-order valence-electron chi connectivity index (χ2n) is 20.4. The van der Waals surface area contributed by atoms with Crippen LogP contribution in [0.3, 0.4) is 0 Å². The molecule has 0 unspecified atom stereocenters. The van der Waals surface area contributed by atoms with E-state index in [9.17, 15) is 38.4 Å². The second kappa shape index (κ2) is 21.6. The molecule has 2 heterocycles. The Hall–Kier alpha value is -11.8. The van der Waals surface area contributed by atoms with Crippen LogP contribution < -0.4 is 19.3 Å². The van der Waals surface area contributed by atoms with Crippen LogP contribution >= 0.6 is 0 Å². The number of hydrogen-bond acceptors (Lipinski definition) is 10. The number of allylic oxidation sites excluding steroid dienone is 2. The number of carbonyl (C=O) groups is 8. The average Bonchev–Trinajstić information content (AvgIpc) is 1.72. The summed E-state index contributed by atoms with van der Waals surface area (Å²) in [7, 11) is 0. The van der Waals surface area contributed by atoms with E-state index in [-0.39, 0.29) is 56.4 Å². The molecule has 2 aliphatic heterocycles. The van der Waals surface area contributed by atoms with E-state index in [1.807, 2.05) is 60.7 Å². The van der Waals surface area contributed by atoms with E-state index in [1.165, 1.54) is 48.6 Å².